The number of benzene rings is 3. The molecule has 0 radical (unpaired) electrons. The van der Waals surface area contributed by atoms with E-state index < -0.39 is 28.7 Å². The number of rotatable bonds is 10. The lowest BCUT2D eigenvalue weighted by Crippen LogP contribution is -2.52. The molecule has 1 fully saturated rings. The van der Waals surface area contributed by atoms with E-state index in [2.05, 4.69) is 5.32 Å². The van der Waals surface area contributed by atoms with Gasteiger partial charge in [0.1, 0.15) is 6.61 Å². The number of nitrogens with zero attached hydrogens (tertiary/aromatic N) is 1. The summed E-state index contributed by atoms with van der Waals surface area (Å²) in [5.41, 5.74) is 3.59. The molecule has 3 atom stereocenters. The van der Waals surface area contributed by atoms with Crippen molar-refractivity contribution in [2.75, 3.05) is 7.11 Å². The van der Waals surface area contributed by atoms with Crippen LogP contribution < -0.4 is 14.8 Å². The third kappa shape index (κ3) is 5.83. The second kappa shape index (κ2) is 12.2. The molecule has 200 valence electrons. The fourth-order valence-corrected chi connectivity index (χ4v) is 7.03. The number of hydrogen-bond donors (Lipinski definition) is 2. The first kappa shape index (κ1) is 26.6. The standard InChI is InChI=1S/C30H34N2O5S/c1-36-27-17-16-23-19-32(38(35)29(22-12-6-3-7-13-22)31-24-14-8-9-15-24)26(30(33)34)18-25(23)28(27)37-20-21-10-4-2-5-11-21/h2-7,10-13,16-17,24,26,29,31H,8-9,14-15,18-20H2,1H3,(H,33,34). The van der Waals surface area contributed by atoms with Crippen molar-refractivity contribution in [2.45, 2.75) is 62.7 Å². The third-order valence-corrected chi connectivity index (χ3v) is 9.06. The summed E-state index contributed by atoms with van der Waals surface area (Å²) in [7, 11) is 1.58. The highest BCUT2D eigenvalue weighted by Gasteiger charge is 2.44. The van der Waals surface area contributed by atoms with Crippen LogP contribution in [0.25, 0.3) is 0 Å². The Hall–Kier alpha value is -3.04. The molecule has 0 bridgehead atoms. The summed E-state index contributed by atoms with van der Waals surface area (Å²) in [6.45, 7) is 0.572. The summed E-state index contributed by atoms with van der Waals surface area (Å²) in [6.07, 6.45) is 4.53. The van der Waals surface area contributed by atoms with Crippen molar-refractivity contribution in [3.8, 4) is 11.5 Å². The molecule has 1 heterocycles. The lowest BCUT2D eigenvalue weighted by atomic mass is 9.94. The van der Waals surface area contributed by atoms with Crippen LogP contribution in [-0.4, -0.2) is 39.1 Å². The summed E-state index contributed by atoms with van der Waals surface area (Å²) in [4.78, 5) is 12.6. The maximum Gasteiger partial charge on any atom is 0.325 e. The van der Waals surface area contributed by atoms with E-state index in [1.807, 2.05) is 72.8 Å². The van der Waals surface area contributed by atoms with E-state index in [1.165, 1.54) is 0 Å². The zero-order valence-electron chi connectivity index (χ0n) is 21.5. The van der Waals surface area contributed by atoms with Crippen molar-refractivity contribution in [1.82, 2.24) is 9.62 Å². The van der Waals surface area contributed by atoms with Gasteiger partial charge in [0, 0.05) is 23.6 Å². The Kier molecular flexibility index (Phi) is 8.54. The van der Waals surface area contributed by atoms with Crippen LogP contribution in [0.3, 0.4) is 0 Å². The largest absolute Gasteiger partial charge is 0.596 e. The van der Waals surface area contributed by atoms with Crippen molar-refractivity contribution in [3.63, 3.8) is 0 Å². The lowest BCUT2D eigenvalue weighted by molar-refractivity contribution is -0.141. The molecule has 0 spiro atoms. The fourth-order valence-electron chi connectivity index (χ4n) is 5.38. The quantitative estimate of drug-likeness (QED) is 0.354. The molecule has 0 aromatic heterocycles. The molecule has 3 aromatic carbocycles. The maximum absolute atomic E-state index is 14.2. The molecule has 3 aromatic rings. The van der Waals surface area contributed by atoms with Crippen LogP contribution in [0.15, 0.2) is 72.8 Å². The van der Waals surface area contributed by atoms with Crippen molar-refractivity contribution < 1.29 is 23.9 Å². The van der Waals surface area contributed by atoms with E-state index in [0.29, 0.717) is 18.1 Å². The van der Waals surface area contributed by atoms with E-state index in [-0.39, 0.29) is 19.0 Å². The van der Waals surface area contributed by atoms with E-state index >= 15 is 0 Å². The Morgan fingerprint density at radius 3 is 2.42 bits per heavy atom. The molecular weight excluding hydrogens is 500 g/mol. The number of carboxylic acids is 1. The number of ether oxygens (including phenoxy) is 2. The molecule has 0 amide bonds. The number of methoxy groups -OCH3 is 1. The molecule has 1 aliphatic carbocycles. The average Bonchev–Trinajstić information content (AvgIpc) is 3.48. The number of carboxylic acid groups (broad SMARTS) is 1. The number of hydrogen-bond acceptors (Lipinski definition) is 6. The first-order valence-corrected chi connectivity index (χ1v) is 14.3. The second-order valence-electron chi connectivity index (χ2n) is 9.86. The van der Waals surface area contributed by atoms with Crippen LogP contribution in [0.1, 0.15) is 53.3 Å². The summed E-state index contributed by atoms with van der Waals surface area (Å²) in [5, 5.41) is 13.4. The summed E-state index contributed by atoms with van der Waals surface area (Å²) >= 11 is -1.63. The molecular formula is C30H34N2O5S. The van der Waals surface area contributed by atoms with Crippen LogP contribution in [-0.2, 0) is 35.7 Å². The van der Waals surface area contributed by atoms with Crippen LogP contribution >= 0.6 is 0 Å². The maximum atomic E-state index is 14.2. The minimum absolute atomic E-state index is 0.169. The molecule has 8 heteroatoms. The van der Waals surface area contributed by atoms with E-state index in [9.17, 15) is 14.5 Å². The predicted octanol–water partition coefficient (Wildman–Crippen LogP) is 4.98. The minimum atomic E-state index is -1.63. The van der Waals surface area contributed by atoms with E-state index in [0.717, 1.165) is 47.9 Å². The first-order valence-electron chi connectivity index (χ1n) is 13.1. The SMILES string of the molecule is COc1ccc2c(c1OCc1ccccc1)CC(C(=O)O)N([S+]([O-])C(NC1CCCC1)c1ccccc1)C2. The Morgan fingerprint density at radius 2 is 1.76 bits per heavy atom. The molecule has 3 unspecified atom stereocenters. The van der Waals surface area contributed by atoms with E-state index in [1.54, 1.807) is 11.4 Å². The third-order valence-electron chi connectivity index (χ3n) is 7.40. The first-order chi connectivity index (χ1) is 18.5. The number of nitrogens with one attached hydrogen (secondary N) is 1. The molecule has 2 N–H and O–H groups in total. The number of aliphatic carboxylic acids is 1. The van der Waals surface area contributed by atoms with Crippen molar-refractivity contribution in [2.24, 2.45) is 0 Å². The second-order valence-corrected chi connectivity index (χ2v) is 11.3. The van der Waals surface area contributed by atoms with Gasteiger partial charge in [0.2, 0.25) is 5.37 Å². The van der Waals surface area contributed by atoms with Gasteiger partial charge in [-0.3, -0.25) is 10.1 Å². The predicted molar refractivity (Wildman–Crippen MR) is 147 cm³/mol. The Bertz CT molecular complexity index is 1220. The van der Waals surface area contributed by atoms with Crippen LogP contribution in [0.4, 0.5) is 0 Å². The molecule has 2 aliphatic rings. The van der Waals surface area contributed by atoms with Crippen molar-refractivity contribution in [1.29, 1.82) is 0 Å². The van der Waals surface area contributed by atoms with Crippen LogP contribution in [0, 0.1) is 0 Å². The molecule has 0 saturated heterocycles. The normalized spacial score (nSPS) is 19.5. The van der Waals surface area contributed by atoms with Gasteiger partial charge in [-0.2, -0.15) is 0 Å². The van der Waals surface area contributed by atoms with Crippen LogP contribution in [0.5, 0.6) is 11.5 Å². The van der Waals surface area contributed by atoms with Gasteiger partial charge in [0.25, 0.3) is 0 Å². The lowest BCUT2D eigenvalue weighted by Gasteiger charge is -2.38. The molecule has 7 nitrogen and oxygen atoms in total. The topological polar surface area (TPSA) is 94.1 Å². The Labute approximate surface area is 227 Å². The Balaban J connectivity index is 1.45. The molecule has 1 aliphatic heterocycles. The fraction of sp³-hybridized carbons (Fsp3) is 0.367. The summed E-state index contributed by atoms with van der Waals surface area (Å²) in [5.74, 6) is 0.103. The number of carbonyl (C=O) groups is 1. The van der Waals surface area contributed by atoms with Gasteiger partial charge in [-0.05, 0) is 30.0 Å². The highest BCUT2D eigenvalue weighted by Crippen LogP contribution is 2.41. The summed E-state index contributed by atoms with van der Waals surface area (Å²) < 4.78 is 27.6. The van der Waals surface area contributed by atoms with Gasteiger partial charge >= 0.3 is 5.97 Å². The summed E-state index contributed by atoms with van der Waals surface area (Å²) in [6, 6.07) is 22.6. The van der Waals surface area contributed by atoms with Gasteiger partial charge in [-0.25, -0.2) is 0 Å². The van der Waals surface area contributed by atoms with Gasteiger partial charge in [0.05, 0.1) is 25.0 Å². The molecule has 1 saturated carbocycles. The van der Waals surface area contributed by atoms with Gasteiger partial charge < -0.3 is 19.1 Å². The van der Waals surface area contributed by atoms with E-state index in [4.69, 9.17) is 9.47 Å². The van der Waals surface area contributed by atoms with Gasteiger partial charge in [-0.15, -0.1) is 4.31 Å². The van der Waals surface area contributed by atoms with Crippen LogP contribution in [0.2, 0.25) is 0 Å². The van der Waals surface area contributed by atoms with Gasteiger partial charge in [-0.1, -0.05) is 79.6 Å². The zero-order valence-corrected chi connectivity index (χ0v) is 22.4. The highest BCUT2D eigenvalue weighted by atomic mass is 32.2. The van der Waals surface area contributed by atoms with Crippen molar-refractivity contribution >= 4 is 17.3 Å². The highest BCUT2D eigenvalue weighted by molar-refractivity contribution is 7.89. The minimum Gasteiger partial charge on any atom is -0.596 e. The smallest absolute Gasteiger partial charge is 0.325 e. The zero-order chi connectivity index (χ0) is 26.5. The average molecular weight is 535 g/mol. The van der Waals surface area contributed by atoms with Crippen molar-refractivity contribution in [3.05, 3.63) is 95.1 Å². The number of fused-ring (bicyclic) bond motifs is 1. The molecule has 38 heavy (non-hydrogen) atoms. The van der Waals surface area contributed by atoms with Gasteiger partial charge in [0.15, 0.2) is 17.5 Å². The Morgan fingerprint density at radius 1 is 1.08 bits per heavy atom. The monoisotopic (exact) mass is 534 g/mol. The molecule has 5 rings (SSSR count).